The second-order valence-corrected chi connectivity index (χ2v) is 8.92. The molecular weight excluding hydrogens is 372 g/mol. The third-order valence-electron chi connectivity index (χ3n) is 5.73. The fraction of sp³-hybridized carbons (Fsp3) is 0.750. The first-order valence-electron chi connectivity index (χ1n) is 10.5. The van der Waals surface area contributed by atoms with Crippen LogP contribution in [-0.2, 0) is 11.3 Å². The maximum absolute atomic E-state index is 11.8. The molecular formula is C20H34N6OS. The van der Waals surface area contributed by atoms with E-state index in [0.29, 0.717) is 18.4 Å². The number of aromatic nitrogens is 1. The molecule has 156 valence electrons. The molecule has 3 heterocycles. The topological polar surface area (TPSA) is 72.9 Å². The van der Waals surface area contributed by atoms with Gasteiger partial charge in [-0.2, -0.15) is 0 Å². The zero-order valence-corrected chi connectivity index (χ0v) is 18.2. The summed E-state index contributed by atoms with van der Waals surface area (Å²) >= 11 is 1.73. The fourth-order valence-electron chi connectivity index (χ4n) is 4.02. The molecule has 1 atom stereocenters. The van der Waals surface area contributed by atoms with E-state index in [1.807, 2.05) is 18.9 Å². The van der Waals surface area contributed by atoms with Gasteiger partial charge in [-0.3, -0.25) is 14.7 Å². The van der Waals surface area contributed by atoms with Crippen LogP contribution in [0.5, 0.6) is 0 Å². The smallest absolute Gasteiger partial charge is 0.222 e. The number of thiazole rings is 1. The van der Waals surface area contributed by atoms with E-state index in [-0.39, 0.29) is 5.91 Å². The summed E-state index contributed by atoms with van der Waals surface area (Å²) in [5, 5.41) is 10.3. The number of likely N-dealkylation sites (tertiary alicyclic amines) is 2. The molecule has 1 unspecified atom stereocenters. The van der Waals surface area contributed by atoms with Gasteiger partial charge >= 0.3 is 0 Å². The van der Waals surface area contributed by atoms with E-state index in [0.717, 1.165) is 56.7 Å². The van der Waals surface area contributed by atoms with Crippen molar-refractivity contribution in [3.05, 3.63) is 16.1 Å². The van der Waals surface area contributed by atoms with E-state index in [9.17, 15) is 4.79 Å². The molecule has 0 radical (unpaired) electrons. The van der Waals surface area contributed by atoms with E-state index >= 15 is 0 Å². The third-order valence-corrected chi connectivity index (χ3v) is 6.55. The summed E-state index contributed by atoms with van der Waals surface area (Å²) in [4.78, 5) is 25.2. The second kappa shape index (κ2) is 10.2. The molecule has 0 bridgehead atoms. The zero-order valence-electron chi connectivity index (χ0n) is 17.4. The average molecular weight is 407 g/mol. The number of guanidine groups is 1. The number of rotatable bonds is 6. The maximum Gasteiger partial charge on any atom is 0.222 e. The van der Waals surface area contributed by atoms with Crippen molar-refractivity contribution < 1.29 is 4.79 Å². The highest BCUT2D eigenvalue weighted by molar-refractivity contribution is 7.09. The number of amides is 1. The van der Waals surface area contributed by atoms with Gasteiger partial charge in [-0.25, -0.2) is 4.98 Å². The fourth-order valence-corrected chi connectivity index (χ4v) is 4.62. The van der Waals surface area contributed by atoms with Gasteiger partial charge in [0.25, 0.3) is 0 Å². The van der Waals surface area contributed by atoms with Gasteiger partial charge in [0.15, 0.2) is 5.96 Å². The lowest BCUT2D eigenvalue weighted by atomic mass is 9.97. The molecule has 28 heavy (non-hydrogen) atoms. The summed E-state index contributed by atoms with van der Waals surface area (Å²) in [6.45, 7) is 9.80. The Bertz CT molecular complexity index is 667. The van der Waals surface area contributed by atoms with Crippen molar-refractivity contribution in [3.63, 3.8) is 0 Å². The molecule has 2 aliphatic rings. The Hall–Kier alpha value is -1.67. The summed E-state index contributed by atoms with van der Waals surface area (Å²) in [6.07, 6.45) is 3.98. The molecule has 2 saturated heterocycles. The summed E-state index contributed by atoms with van der Waals surface area (Å²) in [7, 11) is 1.82. The molecule has 0 saturated carbocycles. The molecule has 7 nitrogen and oxygen atoms in total. The van der Waals surface area contributed by atoms with Gasteiger partial charge in [0.2, 0.25) is 5.91 Å². The van der Waals surface area contributed by atoms with Crippen molar-refractivity contribution in [3.8, 4) is 0 Å². The predicted molar refractivity (Wildman–Crippen MR) is 115 cm³/mol. The molecule has 2 aliphatic heterocycles. The molecule has 0 aliphatic carbocycles. The van der Waals surface area contributed by atoms with Gasteiger partial charge in [0, 0.05) is 51.1 Å². The Morgan fingerprint density at radius 1 is 1.32 bits per heavy atom. The number of carbonyl (C=O) groups excluding carboxylic acids is 1. The lowest BCUT2D eigenvalue weighted by molar-refractivity contribution is -0.129. The van der Waals surface area contributed by atoms with Crippen molar-refractivity contribution in [2.24, 2.45) is 10.9 Å². The minimum atomic E-state index is 0.242. The van der Waals surface area contributed by atoms with Gasteiger partial charge < -0.3 is 15.5 Å². The minimum absolute atomic E-state index is 0.242. The molecule has 2 fully saturated rings. The van der Waals surface area contributed by atoms with Gasteiger partial charge in [-0.15, -0.1) is 11.3 Å². The molecule has 1 aromatic rings. The second-order valence-electron chi connectivity index (χ2n) is 7.85. The van der Waals surface area contributed by atoms with Crippen molar-refractivity contribution in [1.82, 2.24) is 25.4 Å². The van der Waals surface area contributed by atoms with Gasteiger partial charge in [-0.05, 0) is 45.2 Å². The lowest BCUT2D eigenvalue weighted by Crippen LogP contribution is -2.47. The molecule has 0 aromatic carbocycles. The quantitative estimate of drug-likeness (QED) is 0.557. The summed E-state index contributed by atoms with van der Waals surface area (Å²) in [5.41, 5.74) is 1.20. The standard InChI is InChI=1S/C20H34N6OS/c1-4-19(27)26-10-7-17(13-26)24-20(21-3)22-11-16-5-8-25(9-6-16)12-18-14-28-15(2)23-18/h14,16-17H,4-13H2,1-3H3,(H2,21,22,24). The molecule has 0 spiro atoms. The van der Waals surface area contributed by atoms with E-state index < -0.39 is 0 Å². The highest BCUT2D eigenvalue weighted by Crippen LogP contribution is 2.19. The average Bonchev–Trinajstić information content (AvgIpc) is 3.34. The first kappa shape index (κ1) is 21.0. The van der Waals surface area contributed by atoms with E-state index in [2.05, 4.69) is 37.8 Å². The number of carbonyl (C=O) groups is 1. The third kappa shape index (κ3) is 5.91. The van der Waals surface area contributed by atoms with Gasteiger partial charge in [-0.1, -0.05) is 6.92 Å². The molecule has 1 amide bonds. The van der Waals surface area contributed by atoms with E-state index in [1.54, 1.807) is 11.3 Å². The number of nitrogens with one attached hydrogen (secondary N) is 2. The Morgan fingerprint density at radius 3 is 2.75 bits per heavy atom. The van der Waals surface area contributed by atoms with E-state index in [1.165, 1.54) is 18.5 Å². The number of piperidine rings is 1. The van der Waals surface area contributed by atoms with Crippen LogP contribution in [0.3, 0.4) is 0 Å². The molecule has 8 heteroatoms. The van der Waals surface area contributed by atoms with Crippen LogP contribution in [0.4, 0.5) is 0 Å². The Morgan fingerprint density at radius 2 is 2.11 bits per heavy atom. The lowest BCUT2D eigenvalue weighted by Gasteiger charge is -2.32. The Balaban J connectivity index is 1.35. The van der Waals surface area contributed by atoms with Crippen LogP contribution in [0.2, 0.25) is 0 Å². The first-order chi connectivity index (χ1) is 13.6. The predicted octanol–water partition coefficient (Wildman–Crippen LogP) is 1.84. The molecule has 2 N–H and O–H groups in total. The van der Waals surface area contributed by atoms with Crippen LogP contribution in [0, 0.1) is 12.8 Å². The first-order valence-corrected chi connectivity index (χ1v) is 11.3. The Kier molecular flexibility index (Phi) is 7.67. The van der Waals surface area contributed by atoms with Crippen LogP contribution in [0.15, 0.2) is 10.4 Å². The van der Waals surface area contributed by atoms with Crippen LogP contribution >= 0.6 is 11.3 Å². The molecule has 3 rings (SSSR count). The van der Waals surface area contributed by atoms with Crippen LogP contribution in [0.1, 0.15) is 43.3 Å². The number of hydrogen-bond donors (Lipinski definition) is 2. The largest absolute Gasteiger partial charge is 0.356 e. The highest BCUT2D eigenvalue weighted by Gasteiger charge is 2.26. The monoisotopic (exact) mass is 406 g/mol. The number of hydrogen-bond acceptors (Lipinski definition) is 5. The minimum Gasteiger partial charge on any atom is -0.356 e. The Labute approximate surface area is 172 Å². The van der Waals surface area contributed by atoms with Gasteiger partial charge in [0.1, 0.15) is 0 Å². The van der Waals surface area contributed by atoms with Crippen molar-refractivity contribution in [1.29, 1.82) is 0 Å². The van der Waals surface area contributed by atoms with Crippen LogP contribution in [-0.4, -0.2) is 72.5 Å². The van der Waals surface area contributed by atoms with Crippen LogP contribution < -0.4 is 10.6 Å². The zero-order chi connectivity index (χ0) is 19.9. The van der Waals surface area contributed by atoms with Crippen LogP contribution in [0.25, 0.3) is 0 Å². The van der Waals surface area contributed by atoms with Crippen molar-refractivity contribution in [2.45, 2.75) is 52.1 Å². The van der Waals surface area contributed by atoms with Crippen molar-refractivity contribution >= 4 is 23.2 Å². The molecule has 1 aromatic heterocycles. The summed E-state index contributed by atoms with van der Waals surface area (Å²) in [6, 6.07) is 0.296. The van der Waals surface area contributed by atoms with Gasteiger partial charge in [0.05, 0.1) is 10.7 Å². The van der Waals surface area contributed by atoms with E-state index in [4.69, 9.17) is 0 Å². The van der Waals surface area contributed by atoms with Crippen molar-refractivity contribution in [2.75, 3.05) is 39.8 Å². The summed E-state index contributed by atoms with van der Waals surface area (Å²) < 4.78 is 0. The maximum atomic E-state index is 11.8. The summed E-state index contributed by atoms with van der Waals surface area (Å²) in [5.74, 6) is 1.77. The number of aliphatic imine (C=N–C) groups is 1. The highest BCUT2D eigenvalue weighted by atomic mass is 32.1. The number of nitrogens with zero attached hydrogens (tertiary/aromatic N) is 4. The normalized spacial score (nSPS) is 21.9. The number of aryl methyl sites for hydroxylation is 1. The SMILES string of the molecule is CCC(=O)N1CCC(NC(=NC)NCC2CCN(Cc3csc(C)n3)CC2)C1.